The SMILES string of the molecule is CC(C)C[C@@H](NC(=O)OCC1c2ccccc2-c2ccccc21)C(=O)NC1CCC(C(=O)O)CC1. The van der Waals surface area contributed by atoms with Crippen LogP contribution in [0.4, 0.5) is 4.79 Å². The van der Waals surface area contributed by atoms with E-state index in [2.05, 4.69) is 34.9 Å². The Morgan fingerprint density at radius 2 is 1.51 bits per heavy atom. The Hall–Kier alpha value is -3.35. The third-order valence-corrected chi connectivity index (χ3v) is 7.08. The maximum absolute atomic E-state index is 13.0. The minimum atomic E-state index is -0.774. The highest BCUT2D eigenvalue weighted by Gasteiger charge is 2.31. The minimum absolute atomic E-state index is 0.0463. The van der Waals surface area contributed by atoms with Crippen LogP contribution in [0.3, 0.4) is 0 Å². The second kappa shape index (κ2) is 10.9. The summed E-state index contributed by atoms with van der Waals surface area (Å²) in [7, 11) is 0. The number of benzene rings is 2. The van der Waals surface area contributed by atoms with Gasteiger partial charge in [-0.3, -0.25) is 9.59 Å². The summed E-state index contributed by atoms with van der Waals surface area (Å²) in [5, 5.41) is 15.0. The van der Waals surface area contributed by atoms with E-state index in [9.17, 15) is 19.5 Å². The second-order valence-electron chi connectivity index (χ2n) is 10.0. The van der Waals surface area contributed by atoms with Crippen LogP contribution in [0.2, 0.25) is 0 Å². The van der Waals surface area contributed by atoms with Crippen LogP contribution in [0.5, 0.6) is 0 Å². The molecule has 0 spiro atoms. The number of amides is 2. The largest absolute Gasteiger partial charge is 0.481 e. The van der Waals surface area contributed by atoms with Crippen LogP contribution in [-0.4, -0.2) is 41.8 Å². The number of hydrogen-bond donors (Lipinski definition) is 3. The molecule has 2 aromatic rings. The van der Waals surface area contributed by atoms with Gasteiger partial charge in [0.05, 0.1) is 5.92 Å². The lowest BCUT2D eigenvalue weighted by atomic mass is 9.86. The van der Waals surface area contributed by atoms with Gasteiger partial charge in [0.1, 0.15) is 12.6 Å². The van der Waals surface area contributed by atoms with Crippen molar-refractivity contribution in [1.82, 2.24) is 10.6 Å². The molecule has 2 amide bonds. The van der Waals surface area contributed by atoms with Gasteiger partial charge < -0.3 is 20.5 Å². The average Bonchev–Trinajstić information content (AvgIpc) is 3.16. The van der Waals surface area contributed by atoms with E-state index in [0.29, 0.717) is 32.1 Å². The normalized spacial score (nSPS) is 20.0. The van der Waals surface area contributed by atoms with Crippen LogP contribution in [0.15, 0.2) is 48.5 Å². The van der Waals surface area contributed by atoms with E-state index < -0.39 is 18.1 Å². The molecule has 0 heterocycles. The molecule has 0 radical (unpaired) electrons. The van der Waals surface area contributed by atoms with E-state index in [0.717, 1.165) is 22.3 Å². The van der Waals surface area contributed by atoms with Gasteiger partial charge in [-0.15, -0.1) is 0 Å². The van der Waals surface area contributed by atoms with Crippen molar-refractivity contribution in [1.29, 1.82) is 0 Å². The number of nitrogens with one attached hydrogen (secondary N) is 2. The number of fused-ring (bicyclic) bond motifs is 3. The van der Waals surface area contributed by atoms with Crippen molar-refractivity contribution in [3.05, 3.63) is 59.7 Å². The predicted octanol–water partition coefficient (Wildman–Crippen LogP) is 4.70. The van der Waals surface area contributed by atoms with E-state index in [1.807, 2.05) is 38.1 Å². The van der Waals surface area contributed by atoms with Crippen LogP contribution in [0, 0.1) is 11.8 Å². The van der Waals surface area contributed by atoms with Gasteiger partial charge in [0.25, 0.3) is 0 Å². The molecule has 0 aliphatic heterocycles. The first-order valence-corrected chi connectivity index (χ1v) is 12.5. The number of aliphatic carboxylic acids is 1. The van der Waals surface area contributed by atoms with Crippen molar-refractivity contribution in [3.63, 3.8) is 0 Å². The Balaban J connectivity index is 1.35. The van der Waals surface area contributed by atoms with Crippen molar-refractivity contribution in [2.45, 2.75) is 64.0 Å². The quantitative estimate of drug-likeness (QED) is 0.510. The zero-order valence-electron chi connectivity index (χ0n) is 20.3. The van der Waals surface area contributed by atoms with Gasteiger partial charge in [-0.1, -0.05) is 62.4 Å². The summed E-state index contributed by atoms with van der Waals surface area (Å²) >= 11 is 0. The second-order valence-corrected chi connectivity index (χ2v) is 10.0. The fourth-order valence-electron chi connectivity index (χ4n) is 5.27. The van der Waals surface area contributed by atoms with Gasteiger partial charge in [0, 0.05) is 12.0 Å². The molecule has 7 nitrogen and oxygen atoms in total. The minimum Gasteiger partial charge on any atom is -0.481 e. The number of carbonyl (C=O) groups excluding carboxylic acids is 2. The Morgan fingerprint density at radius 1 is 0.943 bits per heavy atom. The van der Waals surface area contributed by atoms with E-state index in [-0.39, 0.29) is 36.3 Å². The van der Waals surface area contributed by atoms with E-state index in [1.165, 1.54) is 0 Å². The highest BCUT2D eigenvalue weighted by molar-refractivity contribution is 5.86. The van der Waals surface area contributed by atoms with Crippen molar-refractivity contribution in [2.75, 3.05) is 6.61 Å². The molecule has 0 unspecified atom stereocenters. The summed E-state index contributed by atoms with van der Waals surface area (Å²) in [5.74, 6) is -1.21. The average molecular weight is 479 g/mol. The van der Waals surface area contributed by atoms with Crippen LogP contribution < -0.4 is 10.6 Å². The lowest BCUT2D eigenvalue weighted by molar-refractivity contribution is -0.142. The first-order chi connectivity index (χ1) is 16.8. The number of carbonyl (C=O) groups is 3. The Morgan fingerprint density at radius 3 is 2.06 bits per heavy atom. The van der Waals surface area contributed by atoms with Crippen LogP contribution in [-0.2, 0) is 14.3 Å². The number of carboxylic acid groups (broad SMARTS) is 1. The first kappa shape index (κ1) is 24.8. The molecule has 0 aromatic heterocycles. The highest BCUT2D eigenvalue weighted by Crippen LogP contribution is 2.44. The molecule has 0 saturated heterocycles. The molecule has 0 bridgehead atoms. The summed E-state index contributed by atoms with van der Waals surface area (Å²) < 4.78 is 5.64. The molecule has 2 aliphatic carbocycles. The molecule has 1 atom stereocenters. The molecule has 2 aromatic carbocycles. The standard InChI is InChI=1S/C28H34N2O5/c1-17(2)15-25(26(31)29-19-13-11-18(12-14-19)27(32)33)30-28(34)35-16-24-22-9-5-3-7-20(22)21-8-4-6-10-23(21)24/h3-10,17-19,24-25H,11-16H2,1-2H3,(H,29,31)(H,30,34)(H,32,33)/t18?,19?,25-/m1/s1. The van der Waals surface area contributed by atoms with Crippen molar-refractivity contribution < 1.29 is 24.2 Å². The third-order valence-electron chi connectivity index (χ3n) is 7.08. The Bertz CT molecular complexity index is 1030. The summed E-state index contributed by atoms with van der Waals surface area (Å²) in [6.45, 7) is 4.19. The fraction of sp³-hybridized carbons (Fsp3) is 0.464. The molecule has 1 fully saturated rings. The number of hydrogen-bond acceptors (Lipinski definition) is 4. The molecular weight excluding hydrogens is 444 g/mol. The molecule has 7 heteroatoms. The van der Waals surface area contributed by atoms with Gasteiger partial charge in [-0.2, -0.15) is 0 Å². The number of carboxylic acids is 1. The van der Waals surface area contributed by atoms with Crippen LogP contribution in [0.25, 0.3) is 11.1 Å². The van der Waals surface area contributed by atoms with Crippen molar-refractivity contribution in [3.8, 4) is 11.1 Å². The summed E-state index contributed by atoms with van der Waals surface area (Å²) in [4.78, 5) is 36.9. The molecular formula is C28H34N2O5. The van der Waals surface area contributed by atoms with Crippen LogP contribution in [0.1, 0.15) is 63.0 Å². The van der Waals surface area contributed by atoms with Crippen LogP contribution >= 0.6 is 0 Å². The van der Waals surface area contributed by atoms with Gasteiger partial charge in [0.2, 0.25) is 5.91 Å². The predicted molar refractivity (Wildman–Crippen MR) is 133 cm³/mol. The third kappa shape index (κ3) is 5.84. The molecule has 1 saturated carbocycles. The Labute approximate surface area is 206 Å². The summed E-state index contributed by atoms with van der Waals surface area (Å²) in [6.07, 6.45) is 2.23. The van der Waals surface area contributed by atoms with Crippen molar-refractivity contribution in [2.24, 2.45) is 11.8 Å². The molecule has 35 heavy (non-hydrogen) atoms. The zero-order valence-corrected chi connectivity index (χ0v) is 20.3. The fourth-order valence-corrected chi connectivity index (χ4v) is 5.27. The maximum Gasteiger partial charge on any atom is 0.407 e. The van der Waals surface area contributed by atoms with Gasteiger partial charge in [0.15, 0.2) is 0 Å². The van der Waals surface area contributed by atoms with Gasteiger partial charge in [-0.25, -0.2) is 4.79 Å². The van der Waals surface area contributed by atoms with E-state index in [4.69, 9.17) is 4.74 Å². The summed E-state index contributed by atoms with van der Waals surface area (Å²) in [5.41, 5.74) is 4.59. The zero-order chi connectivity index (χ0) is 24.9. The van der Waals surface area contributed by atoms with Gasteiger partial charge in [-0.05, 0) is 60.3 Å². The topological polar surface area (TPSA) is 105 Å². The highest BCUT2D eigenvalue weighted by atomic mass is 16.5. The summed E-state index contributed by atoms with van der Waals surface area (Å²) in [6, 6.07) is 15.5. The number of ether oxygens (including phenoxy) is 1. The lowest BCUT2D eigenvalue weighted by Crippen LogP contribution is -2.51. The monoisotopic (exact) mass is 478 g/mol. The number of rotatable bonds is 8. The molecule has 2 aliphatic rings. The maximum atomic E-state index is 13.0. The molecule has 4 rings (SSSR count). The molecule has 186 valence electrons. The number of alkyl carbamates (subject to hydrolysis) is 1. The van der Waals surface area contributed by atoms with E-state index in [1.54, 1.807) is 0 Å². The van der Waals surface area contributed by atoms with E-state index >= 15 is 0 Å². The smallest absolute Gasteiger partial charge is 0.407 e. The molecule has 3 N–H and O–H groups in total. The van der Waals surface area contributed by atoms with Crippen molar-refractivity contribution >= 4 is 18.0 Å². The first-order valence-electron chi connectivity index (χ1n) is 12.5. The lowest BCUT2D eigenvalue weighted by Gasteiger charge is -2.29. The Kier molecular flexibility index (Phi) is 7.73. The van der Waals surface area contributed by atoms with Gasteiger partial charge >= 0.3 is 12.1 Å².